The fourth-order valence-electron chi connectivity index (χ4n) is 2.72. The van der Waals surface area contributed by atoms with Crippen LogP contribution in [-0.4, -0.2) is 39.5 Å². The van der Waals surface area contributed by atoms with Crippen LogP contribution in [0.15, 0.2) is 23.4 Å². The summed E-state index contributed by atoms with van der Waals surface area (Å²) in [5.41, 5.74) is 4.22. The van der Waals surface area contributed by atoms with E-state index in [0.29, 0.717) is 23.3 Å². The van der Waals surface area contributed by atoms with E-state index in [9.17, 15) is 4.79 Å². The predicted molar refractivity (Wildman–Crippen MR) is 85.7 cm³/mol. The quantitative estimate of drug-likeness (QED) is 0.838. The van der Waals surface area contributed by atoms with E-state index < -0.39 is 5.25 Å². The Morgan fingerprint density at radius 3 is 3.08 bits per heavy atom. The second-order valence-corrected chi connectivity index (χ2v) is 6.48. The van der Waals surface area contributed by atoms with Gasteiger partial charge in [0.15, 0.2) is 11.5 Å². The molecule has 0 bridgehead atoms. The molecular weight excluding hydrogens is 332 g/mol. The van der Waals surface area contributed by atoms with Crippen molar-refractivity contribution >= 4 is 17.7 Å². The van der Waals surface area contributed by atoms with E-state index in [2.05, 4.69) is 15.6 Å². The van der Waals surface area contributed by atoms with Crippen LogP contribution in [-0.2, 0) is 9.53 Å². The average molecular weight is 348 g/mol. The van der Waals surface area contributed by atoms with Crippen LogP contribution >= 0.6 is 11.8 Å². The molecule has 0 fully saturated rings. The van der Waals surface area contributed by atoms with Crippen molar-refractivity contribution in [2.24, 2.45) is 0 Å². The minimum absolute atomic E-state index is 0.210. The van der Waals surface area contributed by atoms with E-state index in [1.54, 1.807) is 11.6 Å². The fourth-order valence-corrected chi connectivity index (χ4v) is 3.84. The van der Waals surface area contributed by atoms with E-state index in [-0.39, 0.29) is 18.8 Å². The summed E-state index contributed by atoms with van der Waals surface area (Å²) in [5, 5.41) is 8.32. The zero-order valence-electron chi connectivity index (χ0n) is 13.2. The number of rotatable bonds is 3. The topological polar surface area (TPSA) is 87.5 Å². The van der Waals surface area contributed by atoms with Gasteiger partial charge >= 0.3 is 5.97 Å². The van der Waals surface area contributed by atoms with Crippen molar-refractivity contribution in [2.75, 3.05) is 18.8 Å². The average Bonchev–Trinajstić information content (AvgIpc) is 3.20. The lowest BCUT2D eigenvalue weighted by atomic mass is 10.0. The molecule has 1 aromatic heterocycles. The highest BCUT2D eigenvalue weighted by Crippen LogP contribution is 2.41. The molecule has 0 unspecified atom stereocenters. The number of nitrogens with one attached hydrogen (secondary N) is 1. The molecule has 1 aromatic carbocycles. The number of aryl methyl sites for hydroxylation is 1. The van der Waals surface area contributed by atoms with E-state index in [0.717, 1.165) is 11.4 Å². The lowest BCUT2D eigenvalue weighted by Crippen LogP contribution is -2.39. The molecule has 4 rings (SSSR count). The Morgan fingerprint density at radius 1 is 1.42 bits per heavy atom. The molecule has 126 valence electrons. The van der Waals surface area contributed by atoms with Gasteiger partial charge in [-0.1, -0.05) is 17.8 Å². The van der Waals surface area contributed by atoms with Crippen LogP contribution in [0.25, 0.3) is 0 Å². The smallest absolute Gasteiger partial charge is 0.322 e. The maximum absolute atomic E-state index is 12.4. The minimum atomic E-state index is -0.471. The summed E-state index contributed by atoms with van der Waals surface area (Å²) < 4.78 is 17.8. The van der Waals surface area contributed by atoms with Gasteiger partial charge in [0.2, 0.25) is 11.9 Å². The fraction of sp³-hybridized carbons (Fsp3) is 0.400. The summed E-state index contributed by atoms with van der Waals surface area (Å²) >= 11 is 1.34. The first-order chi connectivity index (χ1) is 11.7. The van der Waals surface area contributed by atoms with Gasteiger partial charge in [0, 0.05) is 0 Å². The third-order valence-electron chi connectivity index (χ3n) is 3.87. The SMILES string of the molecule is CCOC(=O)[C@@H]1Sc2nnc(C)n2N[C@@H]1c1ccc2c(c1)OCO2. The second-order valence-electron chi connectivity index (χ2n) is 5.38. The summed E-state index contributed by atoms with van der Waals surface area (Å²) in [6.07, 6.45) is 0. The number of thioether (sulfide) groups is 1. The Morgan fingerprint density at radius 2 is 2.25 bits per heavy atom. The Bertz CT molecular complexity index is 794. The van der Waals surface area contributed by atoms with Crippen LogP contribution in [0.5, 0.6) is 11.5 Å². The van der Waals surface area contributed by atoms with Gasteiger partial charge < -0.3 is 19.6 Å². The van der Waals surface area contributed by atoms with Crippen LogP contribution in [0, 0.1) is 6.92 Å². The molecular formula is C15H16N4O4S. The first-order valence-electron chi connectivity index (χ1n) is 7.58. The van der Waals surface area contributed by atoms with E-state index in [1.807, 2.05) is 25.1 Å². The first-order valence-corrected chi connectivity index (χ1v) is 8.46. The lowest BCUT2D eigenvalue weighted by Gasteiger charge is -2.32. The van der Waals surface area contributed by atoms with E-state index in [4.69, 9.17) is 14.2 Å². The number of esters is 1. The van der Waals surface area contributed by atoms with Gasteiger partial charge in [-0.3, -0.25) is 4.79 Å². The second kappa shape index (κ2) is 5.90. The van der Waals surface area contributed by atoms with Crippen LogP contribution in [0.2, 0.25) is 0 Å². The van der Waals surface area contributed by atoms with Gasteiger partial charge in [-0.05, 0) is 31.5 Å². The third-order valence-corrected chi connectivity index (χ3v) is 5.07. The van der Waals surface area contributed by atoms with Crippen LogP contribution < -0.4 is 14.9 Å². The molecule has 2 aliphatic heterocycles. The first kappa shape index (κ1) is 15.1. The Kier molecular flexibility index (Phi) is 3.72. The molecule has 2 aliphatic rings. The van der Waals surface area contributed by atoms with Crippen molar-refractivity contribution in [1.82, 2.24) is 14.9 Å². The largest absolute Gasteiger partial charge is 0.465 e. The molecule has 9 heteroatoms. The van der Waals surface area contributed by atoms with Crippen molar-refractivity contribution in [2.45, 2.75) is 30.3 Å². The molecule has 8 nitrogen and oxygen atoms in total. The highest BCUT2D eigenvalue weighted by molar-refractivity contribution is 8.00. The van der Waals surface area contributed by atoms with Gasteiger partial charge in [0.25, 0.3) is 0 Å². The Balaban J connectivity index is 1.72. The molecule has 2 atom stereocenters. The third kappa shape index (κ3) is 2.44. The van der Waals surface area contributed by atoms with Crippen LogP contribution in [0.3, 0.4) is 0 Å². The lowest BCUT2D eigenvalue weighted by molar-refractivity contribution is -0.142. The monoisotopic (exact) mass is 348 g/mol. The number of fused-ring (bicyclic) bond motifs is 2. The minimum Gasteiger partial charge on any atom is -0.465 e. The Hall–Kier alpha value is -2.42. The zero-order valence-corrected chi connectivity index (χ0v) is 14.0. The molecule has 0 saturated carbocycles. The summed E-state index contributed by atoms with van der Waals surface area (Å²) in [6.45, 7) is 4.18. The van der Waals surface area contributed by atoms with Gasteiger partial charge in [0.1, 0.15) is 11.1 Å². The summed E-state index contributed by atoms with van der Waals surface area (Å²) in [4.78, 5) is 12.4. The van der Waals surface area contributed by atoms with E-state index >= 15 is 0 Å². The van der Waals surface area contributed by atoms with E-state index in [1.165, 1.54) is 11.8 Å². The van der Waals surface area contributed by atoms with Gasteiger partial charge in [-0.2, -0.15) is 0 Å². The normalized spacial score (nSPS) is 21.1. The summed E-state index contributed by atoms with van der Waals surface area (Å²) in [7, 11) is 0. The number of ether oxygens (including phenoxy) is 3. The molecule has 0 aliphatic carbocycles. The molecule has 24 heavy (non-hydrogen) atoms. The Labute approximate surface area is 142 Å². The van der Waals surface area contributed by atoms with Gasteiger partial charge in [-0.15, -0.1) is 10.2 Å². The molecule has 0 spiro atoms. The molecule has 1 N–H and O–H groups in total. The number of nitrogens with zero attached hydrogens (tertiary/aromatic N) is 3. The van der Waals surface area contributed by atoms with Crippen LogP contribution in [0.4, 0.5) is 0 Å². The highest BCUT2D eigenvalue weighted by atomic mass is 32.2. The number of benzene rings is 1. The number of carbonyl (C=O) groups excluding carboxylic acids is 1. The highest BCUT2D eigenvalue weighted by Gasteiger charge is 2.38. The molecule has 0 radical (unpaired) electrons. The van der Waals surface area contributed by atoms with Gasteiger partial charge in [-0.25, -0.2) is 4.68 Å². The van der Waals surface area contributed by atoms with Gasteiger partial charge in [0.05, 0.1) is 12.6 Å². The van der Waals surface area contributed by atoms with Crippen molar-refractivity contribution in [3.8, 4) is 11.5 Å². The number of aromatic nitrogens is 3. The molecule has 0 saturated heterocycles. The number of hydrogen-bond donors (Lipinski definition) is 1. The standard InChI is InChI=1S/C15H16N4O4S/c1-3-21-14(20)13-12(18-19-8(2)16-17-15(19)24-13)9-4-5-10-11(6-9)23-7-22-10/h4-6,12-13,18H,3,7H2,1-2H3/t12-,13-/m1/s1. The number of hydrogen-bond acceptors (Lipinski definition) is 8. The van der Waals surface area contributed by atoms with Crippen molar-refractivity contribution in [3.05, 3.63) is 29.6 Å². The summed E-state index contributed by atoms with van der Waals surface area (Å²) in [5.74, 6) is 1.82. The predicted octanol–water partition coefficient (Wildman–Crippen LogP) is 1.64. The molecule has 0 amide bonds. The van der Waals surface area contributed by atoms with Crippen molar-refractivity contribution in [1.29, 1.82) is 0 Å². The van der Waals surface area contributed by atoms with Crippen molar-refractivity contribution in [3.63, 3.8) is 0 Å². The zero-order chi connectivity index (χ0) is 16.7. The number of carbonyl (C=O) groups is 1. The maximum Gasteiger partial charge on any atom is 0.322 e. The molecule has 3 heterocycles. The maximum atomic E-state index is 12.4. The molecule has 2 aromatic rings. The van der Waals surface area contributed by atoms with Crippen molar-refractivity contribution < 1.29 is 19.0 Å². The van der Waals surface area contributed by atoms with Crippen LogP contribution in [0.1, 0.15) is 24.4 Å². The summed E-state index contributed by atoms with van der Waals surface area (Å²) in [6, 6.07) is 5.35.